The summed E-state index contributed by atoms with van der Waals surface area (Å²) < 4.78 is 44.4. The normalized spacial score (nSPS) is 40.4. The minimum Gasteiger partial charge on any atom is -0.726 e. The highest BCUT2D eigenvalue weighted by molar-refractivity contribution is 7.80. The van der Waals surface area contributed by atoms with E-state index in [1.165, 1.54) is 12.7 Å². The summed E-state index contributed by atoms with van der Waals surface area (Å²) in [6.07, 6.45) is 8.29. The third-order valence-corrected chi connectivity index (χ3v) is 12.0. The van der Waals surface area contributed by atoms with Crippen molar-refractivity contribution in [2.75, 3.05) is 7.11 Å². The van der Waals surface area contributed by atoms with Crippen molar-refractivity contribution >= 4 is 16.4 Å². The minimum absolute atomic E-state index is 0.0570. The van der Waals surface area contributed by atoms with Crippen LogP contribution in [0, 0.1) is 39.9 Å². The maximum atomic E-state index is 13.0. The predicted octanol–water partition coefficient (Wildman–Crippen LogP) is 5.70. The number of carbonyl (C=O) groups excluding carboxylic acids is 1. The Hall–Kier alpha value is -1.22. The van der Waals surface area contributed by atoms with Gasteiger partial charge in [0.2, 0.25) is 10.4 Å². The van der Waals surface area contributed by atoms with Crippen molar-refractivity contribution in [2.45, 2.75) is 112 Å². The van der Waals surface area contributed by atoms with Crippen LogP contribution in [0.25, 0.3) is 0 Å². The average molecular weight is 552 g/mol. The van der Waals surface area contributed by atoms with E-state index in [0.717, 1.165) is 50.5 Å². The van der Waals surface area contributed by atoms with Gasteiger partial charge in [-0.2, -0.15) is 0 Å². The second kappa shape index (κ2) is 10.3. The highest BCUT2D eigenvalue weighted by atomic mass is 32.3. The van der Waals surface area contributed by atoms with E-state index in [4.69, 9.17) is 8.92 Å². The molecule has 2 saturated carbocycles. The third kappa shape index (κ3) is 4.92. The van der Waals surface area contributed by atoms with Gasteiger partial charge in [-0.3, -0.25) is 8.98 Å². The summed E-state index contributed by atoms with van der Waals surface area (Å²) in [4.78, 5) is 13.0. The second-order valence-electron chi connectivity index (χ2n) is 13.6. The van der Waals surface area contributed by atoms with Gasteiger partial charge in [0.25, 0.3) is 0 Å². The Morgan fingerprint density at radius 3 is 2.39 bits per heavy atom. The predicted molar refractivity (Wildman–Crippen MR) is 145 cm³/mol. The van der Waals surface area contributed by atoms with Crippen LogP contribution < -0.4 is 0 Å². The summed E-state index contributed by atoms with van der Waals surface area (Å²) in [5.41, 5.74) is 4.07. The van der Waals surface area contributed by atoms with Crippen molar-refractivity contribution in [1.82, 2.24) is 0 Å². The van der Waals surface area contributed by atoms with E-state index in [2.05, 4.69) is 27.7 Å². The summed E-state index contributed by atoms with van der Waals surface area (Å²) in [6.45, 7) is 13.5. The Morgan fingerprint density at radius 2 is 1.79 bits per heavy atom. The molecule has 0 aromatic carbocycles. The summed E-state index contributed by atoms with van der Waals surface area (Å²) in [5, 5.41) is 10.6. The van der Waals surface area contributed by atoms with E-state index in [1.807, 2.05) is 19.9 Å². The number of ether oxygens (including phenoxy) is 1. The molecule has 0 unspecified atom stereocenters. The van der Waals surface area contributed by atoms with Crippen LogP contribution in [-0.2, 0) is 24.1 Å². The molecule has 0 heterocycles. The van der Waals surface area contributed by atoms with Crippen molar-refractivity contribution in [2.24, 2.45) is 39.9 Å². The maximum Gasteiger partial charge on any atom is 0.311 e. The number of hydrogen-bond donors (Lipinski definition) is 1. The number of methoxy groups -OCH3 is 1. The molecule has 0 saturated heterocycles. The van der Waals surface area contributed by atoms with Crippen molar-refractivity contribution in [3.8, 4) is 0 Å². The lowest BCUT2D eigenvalue weighted by Crippen LogP contribution is -2.54. The molecule has 0 aromatic rings. The molecule has 4 aliphatic carbocycles. The first kappa shape index (κ1) is 29.8. The second-order valence-corrected chi connectivity index (χ2v) is 14.6. The molecular weight excluding hydrogens is 504 g/mol. The number of hydrogen-bond acceptors (Lipinski definition) is 7. The standard InChI is InChI=1S/C30H48O7S/c1-18(2)16-20(31)17-19(3)21-10-14-30(6)23-8-9-24-26(27(32)36-7)25(37-38(33,34)35)12-13-28(24,4)22(23)11-15-29(21,30)5/h16,19-21,24-26,31H,8-15,17H2,1-7H3,(H,33,34,35)/p-1/t19-,20+,21-,24+,25+,26+,28-,29-,30+/m1/s1. The first-order chi connectivity index (χ1) is 17.6. The fourth-order valence-corrected chi connectivity index (χ4v) is 10.1. The van der Waals surface area contributed by atoms with Gasteiger partial charge in [-0.05, 0) is 106 Å². The molecule has 9 atom stereocenters. The topological polar surface area (TPSA) is 113 Å². The highest BCUT2D eigenvalue weighted by Crippen LogP contribution is 2.71. The van der Waals surface area contributed by atoms with E-state index >= 15 is 0 Å². The molecule has 0 spiro atoms. The number of allylic oxidation sites excluding steroid dienone is 3. The number of aliphatic hydroxyl groups excluding tert-OH is 1. The van der Waals surface area contributed by atoms with Crippen LogP contribution in [0.5, 0.6) is 0 Å². The van der Waals surface area contributed by atoms with Gasteiger partial charge in [0.15, 0.2) is 0 Å². The third-order valence-electron chi connectivity index (χ3n) is 11.5. The molecular formula is C30H47O7S-. The summed E-state index contributed by atoms with van der Waals surface area (Å²) in [7, 11) is -3.62. The van der Waals surface area contributed by atoms with E-state index in [0.29, 0.717) is 24.7 Å². The fraction of sp³-hybridized carbons (Fsp3) is 0.833. The largest absolute Gasteiger partial charge is 0.726 e. The number of fused-ring (bicyclic) bond motifs is 4. The number of rotatable bonds is 7. The van der Waals surface area contributed by atoms with E-state index in [1.54, 1.807) is 5.57 Å². The highest BCUT2D eigenvalue weighted by Gasteiger charge is 2.63. The smallest absolute Gasteiger partial charge is 0.311 e. The first-order valence-electron chi connectivity index (χ1n) is 14.4. The van der Waals surface area contributed by atoms with Gasteiger partial charge in [0, 0.05) is 0 Å². The monoisotopic (exact) mass is 551 g/mol. The fourth-order valence-electron chi connectivity index (χ4n) is 9.60. The molecule has 0 amide bonds. The molecule has 1 N–H and O–H groups in total. The lowest BCUT2D eigenvalue weighted by molar-refractivity contribution is -0.158. The van der Waals surface area contributed by atoms with Gasteiger partial charge in [0.05, 0.1) is 25.2 Å². The van der Waals surface area contributed by atoms with Crippen LogP contribution in [0.1, 0.15) is 99.3 Å². The van der Waals surface area contributed by atoms with Crippen molar-refractivity contribution in [3.05, 3.63) is 22.8 Å². The number of aliphatic hydroxyl groups is 1. The summed E-state index contributed by atoms with van der Waals surface area (Å²) in [5.74, 6) is -0.452. The number of esters is 1. The molecule has 2 fully saturated rings. The Kier molecular flexibility index (Phi) is 8.08. The van der Waals surface area contributed by atoms with Crippen LogP contribution in [0.3, 0.4) is 0 Å². The number of carbonyl (C=O) groups is 1. The first-order valence-corrected chi connectivity index (χ1v) is 15.7. The molecule has 0 radical (unpaired) electrons. The van der Waals surface area contributed by atoms with Crippen molar-refractivity contribution in [3.63, 3.8) is 0 Å². The Bertz CT molecular complexity index is 1110. The quantitative estimate of drug-likeness (QED) is 0.187. The molecule has 0 aromatic heterocycles. The van der Waals surface area contributed by atoms with Crippen molar-refractivity contribution < 1.29 is 31.8 Å². The van der Waals surface area contributed by atoms with E-state index in [-0.39, 0.29) is 22.2 Å². The molecule has 0 bridgehead atoms. The van der Waals surface area contributed by atoms with Gasteiger partial charge in [0.1, 0.15) is 0 Å². The van der Waals surface area contributed by atoms with Gasteiger partial charge >= 0.3 is 5.97 Å². The van der Waals surface area contributed by atoms with Gasteiger partial charge < -0.3 is 14.4 Å². The Balaban J connectivity index is 1.66. The molecule has 216 valence electrons. The van der Waals surface area contributed by atoms with E-state index < -0.39 is 34.5 Å². The SMILES string of the molecule is COC(=O)[C@@H]1[C@@H](OS(=O)(=O)[O-])CC[C@]2(C)C3=C(CC[C@@H]12)[C@]1(C)CC[C@H]([C@H](C)C[C@@H](O)C=C(C)C)[C@@]1(C)CC3. The van der Waals surface area contributed by atoms with Gasteiger partial charge in [-0.15, -0.1) is 0 Å². The molecule has 8 heteroatoms. The summed E-state index contributed by atoms with van der Waals surface area (Å²) in [6, 6.07) is 0. The lowest BCUT2D eigenvalue weighted by atomic mass is 9.45. The van der Waals surface area contributed by atoms with E-state index in [9.17, 15) is 22.9 Å². The van der Waals surface area contributed by atoms with Crippen LogP contribution in [0.15, 0.2) is 22.8 Å². The van der Waals surface area contributed by atoms with Gasteiger partial charge in [-0.1, -0.05) is 50.5 Å². The lowest BCUT2D eigenvalue weighted by Gasteiger charge is -2.60. The minimum atomic E-state index is -4.93. The molecule has 4 aliphatic rings. The Labute approximate surface area is 229 Å². The summed E-state index contributed by atoms with van der Waals surface area (Å²) >= 11 is 0. The molecule has 7 nitrogen and oxygen atoms in total. The zero-order valence-electron chi connectivity index (χ0n) is 24.2. The van der Waals surface area contributed by atoms with Crippen LogP contribution in [0.4, 0.5) is 0 Å². The zero-order valence-corrected chi connectivity index (χ0v) is 25.0. The van der Waals surface area contributed by atoms with Gasteiger partial charge in [-0.25, -0.2) is 8.42 Å². The van der Waals surface area contributed by atoms with Crippen molar-refractivity contribution in [1.29, 1.82) is 0 Å². The van der Waals surface area contributed by atoms with Crippen LogP contribution in [-0.4, -0.2) is 43.4 Å². The Morgan fingerprint density at radius 1 is 1.11 bits per heavy atom. The van der Waals surface area contributed by atoms with Crippen LogP contribution in [0.2, 0.25) is 0 Å². The zero-order chi connectivity index (χ0) is 28.3. The molecule has 38 heavy (non-hydrogen) atoms. The maximum absolute atomic E-state index is 13.0. The molecule has 0 aliphatic heterocycles. The molecule has 4 rings (SSSR count). The average Bonchev–Trinajstić information content (AvgIpc) is 3.08. The van der Waals surface area contributed by atoms with Crippen LogP contribution >= 0.6 is 0 Å².